The fourth-order valence-corrected chi connectivity index (χ4v) is 4.68. The largest absolute Gasteiger partial charge is 0.297 e. The SMILES string of the molecule is CN1CCN(S(=O)(=O)CCc2ccccc2)CC1c1ccccc1F. The Bertz CT molecular complexity index is 811. The van der Waals surface area contributed by atoms with E-state index in [9.17, 15) is 12.8 Å². The zero-order chi connectivity index (χ0) is 17.9. The summed E-state index contributed by atoms with van der Waals surface area (Å²) in [5.41, 5.74) is 1.55. The van der Waals surface area contributed by atoms with Crippen molar-refractivity contribution >= 4 is 10.0 Å². The molecule has 1 heterocycles. The maximum Gasteiger partial charge on any atom is 0.214 e. The van der Waals surface area contributed by atoms with E-state index in [0.717, 1.165) is 5.56 Å². The molecule has 0 spiro atoms. The lowest BCUT2D eigenvalue weighted by Crippen LogP contribution is -2.49. The summed E-state index contributed by atoms with van der Waals surface area (Å²) in [6.45, 7) is 1.32. The number of nitrogens with zero attached hydrogens (tertiary/aromatic N) is 2. The first kappa shape index (κ1) is 18.0. The highest BCUT2D eigenvalue weighted by molar-refractivity contribution is 7.89. The first-order valence-electron chi connectivity index (χ1n) is 8.44. The molecule has 6 heteroatoms. The molecule has 134 valence electrons. The van der Waals surface area contributed by atoms with Crippen molar-refractivity contribution in [2.75, 3.05) is 32.4 Å². The Morgan fingerprint density at radius 1 is 1.04 bits per heavy atom. The molecule has 1 aliphatic heterocycles. The number of hydrogen-bond acceptors (Lipinski definition) is 3. The minimum atomic E-state index is -3.37. The number of aryl methyl sites for hydroxylation is 1. The van der Waals surface area contributed by atoms with Gasteiger partial charge in [-0.3, -0.25) is 4.90 Å². The van der Waals surface area contributed by atoms with Gasteiger partial charge in [-0.25, -0.2) is 12.8 Å². The third-order valence-corrected chi connectivity index (χ3v) is 6.60. The van der Waals surface area contributed by atoms with Crippen LogP contribution in [0.3, 0.4) is 0 Å². The molecule has 0 amide bonds. The molecule has 0 saturated carbocycles. The van der Waals surface area contributed by atoms with Crippen molar-refractivity contribution in [2.24, 2.45) is 0 Å². The number of sulfonamides is 1. The molecule has 2 aromatic carbocycles. The summed E-state index contributed by atoms with van der Waals surface area (Å²) >= 11 is 0. The minimum Gasteiger partial charge on any atom is -0.297 e. The molecule has 4 nitrogen and oxygen atoms in total. The predicted molar refractivity (Wildman–Crippen MR) is 97.3 cm³/mol. The summed E-state index contributed by atoms with van der Waals surface area (Å²) in [5.74, 6) is -0.215. The topological polar surface area (TPSA) is 40.6 Å². The molecule has 25 heavy (non-hydrogen) atoms. The second kappa shape index (κ2) is 7.64. The molecular weight excluding hydrogens is 339 g/mol. The van der Waals surface area contributed by atoms with Crippen molar-refractivity contribution in [1.82, 2.24) is 9.21 Å². The van der Waals surface area contributed by atoms with Gasteiger partial charge in [-0.15, -0.1) is 0 Å². The van der Waals surface area contributed by atoms with E-state index in [2.05, 4.69) is 0 Å². The van der Waals surface area contributed by atoms with Gasteiger partial charge in [-0.2, -0.15) is 4.31 Å². The van der Waals surface area contributed by atoms with Crippen LogP contribution in [0.15, 0.2) is 54.6 Å². The van der Waals surface area contributed by atoms with E-state index in [-0.39, 0.29) is 24.2 Å². The van der Waals surface area contributed by atoms with Gasteiger partial charge in [0.1, 0.15) is 5.82 Å². The van der Waals surface area contributed by atoms with Gasteiger partial charge in [0.05, 0.1) is 11.8 Å². The summed E-state index contributed by atoms with van der Waals surface area (Å²) in [5, 5.41) is 0. The molecule has 1 aliphatic rings. The number of rotatable bonds is 5. The van der Waals surface area contributed by atoms with Crippen molar-refractivity contribution in [3.05, 3.63) is 71.5 Å². The molecule has 0 aliphatic carbocycles. The van der Waals surface area contributed by atoms with Gasteiger partial charge in [-0.05, 0) is 25.1 Å². The van der Waals surface area contributed by atoms with Crippen LogP contribution < -0.4 is 0 Å². The van der Waals surface area contributed by atoms with Crippen LogP contribution >= 0.6 is 0 Å². The second-order valence-electron chi connectivity index (χ2n) is 6.43. The van der Waals surface area contributed by atoms with Gasteiger partial charge in [0, 0.05) is 25.2 Å². The highest BCUT2D eigenvalue weighted by Crippen LogP contribution is 2.27. The highest BCUT2D eigenvalue weighted by Gasteiger charge is 2.33. The Hall–Kier alpha value is -1.76. The molecule has 1 atom stereocenters. The smallest absolute Gasteiger partial charge is 0.214 e. The number of hydrogen-bond donors (Lipinski definition) is 0. The van der Waals surface area contributed by atoms with E-state index < -0.39 is 10.0 Å². The summed E-state index contributed by atoms with van der Waals surface area (Å²) in [4.78, 5) is 2.02. The maximum absolute atomic E-state index is 14.1. The molecular formula is C19H23FN2O2S. The minimum absolute atomic E-state index is 0.0741. The zero-order valence-corrected chi connectivity index (χ0v) is 15.1. The number of benzene rings is 2. The first-order chi connectivity index (χ1) is 12.0. The lowest BCUT2D eigenvalue weighted by molar-refractivity contribution is 0.145. The van der Waals surface area contributed by atoms with Crippen LogP contribution in [0.2, 0.25) is 0 Å². The van der Waals surface area contributed by atoms with Crippen LogP contribution in [0.25, 0.3) is 0 Å². The maximum atomic E-state index is 14.1. The average molecular weight is 362 g/mol. The molecule has 3 rings (SSSR count). The van der Waals surface area contributed by atoms with Crippen LogP contribution in [0, 0.1) is 5.82 Å². The standard InChI is InChI=1S/C19H23FN2O2S/c1-21-12-13-22(15-19(21)17-9-5-6-10-18(17)20)25(23,24)14-11-16-7-3-2-4-8-16/h2-10,19H,11-15H2,1H3. The summed E-state index contributed by atoms with van der Waals surface area (Å²) in [6.07, 6.45) is 0.486. The molecule has 0 N–H and O–H groups in total. The lowest BCUT2D eigenvalue weighted by atomic mass is 10.0. The summed E-state index contributed by atoms with van der Waals surface area (Å²) in [7, 11) is -1.47. The van der Waals surface area contributed by atoms with Crippen molar-refractivity contribution < 1.29 is 12.8 Å². The average Bonchev–Trinajstić information content (AvgIpc) is 2.62. The van der Waals surface area contributed by atoms with E-state index >= 15 is 0 Å². The lowest BCUT2D eigenvalue weighted by Gasteiger charge is -2.39. The Labute approximate surface area is 148 Å². The van der Waals surface area contributed by atoms with Crippen LogP contribution in [-0.2, 0) is 16.4 Å². The Balaban J connectivity index is 1.72. The van der Waals surface area contributed by atoms with E-state index in [1.54, 1.807) is 18.2 Å². The van der Waals surface area contributed by atoms with Gasteiger partial charge in [0.2, 0.25) is 10.0 Å². The van der Waals surface area contributed by atoms with Crippen LogP contribution in [0.1, 0.15) is 17.2 Å². The van der Waals surface area contributed by atoms with Crippen molar-refractivity contribution in [2.45, 2.75) is 12.5 Å². The van der Waals surface area contributed by atoms with Gasteiger partial charge < -0.3 is 0 Å². The van der Waals surface area contributed by atoms with Gasteiger partial charge >= 0.3 is 0 Å². The number of likely N-dealkylation sites (N-methyl/N-ethyl adjacent to an activating group) is 1. The Kier molecular flexibility index (Phi) is 5.51. The van der Waals surface area contributed by atoms with E-state index in [1.165, 1.54) is 10.4 Å². The third-order valence-electron chi connectivity index (χ3n) is 4.76. The zero-order valence-electron chi connectivity index (χ0n) is 14.3. The summed E-state index contributed by atoms with van der Waals surface area (Å²) < 4.78 is 41.1. The Morgan fingerprint density at radius 3 is 2.44 bits per heavy atom. The number of halogens is 1. The van der Waals surface area contributed by atoms with Crippen LogP contribution in [0.5, 0.6) is 0 Å². The molecule has 1 unspecified atom stereocenters. The van der Waals surface area contributed by atoms with Crippen molar-refractivity contribution in [3.8, 4) is 0 Å². The molecule has 1 fully saturated rings. The van der Waals surface area contributed by atoms with Gasteiger partial charge in [-0.1, -0.05) is 48.5 Å². The quantitative estimate of drug-likeness (QED) is 0.821. The molecule has 0 radical (unpaired) electrons. The normalized spacial score (nSPS) is 19.8. The molecule has 1 saturated heterocycles. The fourth-order valence-electron chi connectivity index (χ4n) is 3.20. The predicted octanol–water partition coefficient (Wildman–Crippen LogP) is 2.69. The molecule has 0 bridgehead atoms. The number of piperazine rings is 1. The van der Waals surface area contributed by atoms with Gasteiger partial charge in [0.15, 0.2) is 0 Å². The van der Waals surface area contributed by atoms with E-state index in [0.29, 0.717) is 25.1 Å². The van der Waals surface area contributed by atoms with E-state index in [4.69, 9.17) is 0 Å². The summed E-state index contributed by atoms with van der Waals surface area (Å²) in [6, 6.07) is 15.9. The monoisotopic (exact) mass is 362 g/mol. The van der Waals surface area contributed by atoms with Crippen LogP contribution in [-0.4, -0.2) is 50.1 Å². The van der Waals surface area contributed by atoms with Crippen molar-refractivity contribution in [1.29, 1.82) is 0 Å². The second-order valence-corrected chi connectivity index (χ2v) is 8.52. The Morgan fingerprint density at radius 2 is 1.72 bits per heavy atom. The van der Waals surface area contributed by atoms with E-state index in [1.807, 2.05) is 42.3 Å². The first-order valence-corrected chi connectivity index (χ1v) is 10.0. The van der Waals surface area contributed by atoms with Crippen molar-refractivity contribution in [3.63, 3.8) is 0 Å². The highest BCUT2D eigenvalue weighted by atomic mass is 32.2. The fraction of sp³-hybridized carbons (Fsp3) is 0.368. The van der Waals surface area contributed by atoms with Crippen LogP contribution in [0.4, 0.5) is 4.39 Å². The third kappa shape index (κ3) is 4.26. The van der Waals surface area contributed by atoms with Gasteiger partial charge in [0.25, 0.3) is 0 Å². The molecule has 0 aromatic heterocycles. The molecule has 2 aromatic rings.